The quantitative estimate of drug-likeness (QED) is 0.248. The molecule has 4 aromatic rings. The minimum absolute atomic E-state index is 0.0523. The lowest BCUT2D eigenvalue weighted by atomic mass is 9.95. The molecule has 0 saturated carbocycles. The van der Waals surface area contributed by atoms with E-state index >= 15 is 0 Å². The Morgan fingerprint density at radius 1 is 1.03 bits per heavy atom. The summed E-state index contributed by atoms with van der Waals surface area (Å²) in [6.07, 6.45) is 3.87. The zero-order valence-corrected chi connectivity index (χ0v) is 23.2. The van der Waals surface area contributed by atoms with E-state index in [1.54, 1.807) is 32.4 Å². The fraction of sp³-hybridized carbons (Fsp3) is 0.286. The topological polar surface area (TPSA) is 116 Å². The molecule has 39 heavy (non-hydrogen) atoms. The van der Waals surface area contributed by atoms with Crippen LogP contribution in [0.25, 0.3) is 11.5 Å². The number of hydrogen-bond acceptors (Lipinski definition) is 9. The predicted octanol–water partition coefficient (Wildman–Crippen LogP) is 5.35. The van der Waals surface area contributed by atoms with Crippen LogP contribution in [0.2, 0.25) is 0 Å². The number of carbonyl (C=O) groups excluding carboxylic acids is 2. The number of aromatic nitrogens is 2. The maximum Gasteiger partial charge on any atom is 0.277 e. The Balaban J connectivity index is 1.25. The normalized spacial score (nSPS) is 12.5. The molecule has 2 N–H and O–H groups in total. The van der Waals surface area contributed by atoms with Gasteiger partial charge in [-0.3, -0.25) is 9.59 Å². The molecule has 2 aromatic heterocycles. The summed E-state index contributed by atoms with van der Waals surface area (Å²) < 4.78 is 16.4. The standard InChI is InChI=1S/C28H28N4O5S2/c1-35-19-12-18(13-20(14-19)36-2)26-31-32-28(37-26)38-16-23(33)30-27-24(21-10-6-7-11-22(21)39-27)25(34)29-15-17-8-4-3-5-9-17/h3-5,8-9,12-14H,6-7,10-11,15-16H2,1-2H3,(H,29,34)(H,30,33). The molecule has 2 aromatic carbocycles. The van der Waals surface area contributed by atoms with Gasteiger partial charge in [0, 0.05) is 23.1 Å². The number of benzene rings is 2. The van der Waals surface area contributed by atoms with Crippen LogP contribution >= 0.6 is 23.1 Å². The number of methoxy groups -OCH3 is 2. The van der Waals surface area contributed by atoms with Crippen molar-refractivity contribution in [2.75, 3.05) is 25.3 Å². The summed E-state index contributed by atoms with van der Waals surface area (Å²) in [5.74, 6) is 1.11. The maximum atomic E-state index is 13.2. The van der Waals surface area contributed by atoms with E-state index < -0.39 is 0 Å². The Bertz CT molecular complexity index is 1450. The first-order chi connectivity index (χ1) is 19.0. The highest BCUT2D eigenvalue weighted by atomic mass is 32.2. The van der Waals surface area contributed by atoms with E-state index in [1.165, 1.54) is 16.2 Å². The van der Waals surface area contributed by atoms with E-state index in [-0.39, 0.29) is 22.8 Å². The number of aryl methyl sites for hydroxylation is 1. The molecular weight excluding hydrogens is 536 g/mol. The number of amides is 2. The van der Waals surface area contributed by atoms with Crippen molar-refractivity contribution in [1.82, 2.24) is 15.5 Å². The van der Waals surface area contributed by atoms with Crippen molar-refractivity contribution in [2.45, 2.75) is 37.5 Å². The summed E-state index contributed by atoms with van der Waals surface area (Å²) in [5.41, 5.74) is 3.29. The highest BCUT2D eigenvalue weighted by molar-refractivity contribution is 7.99. The number of anilines is 1. The number of carbonyl (C=O) groups is 2. The average Bonchev–Trinajstić information content (AvgIpc) is 3.59. The van der Waals surface area contributed by atoms with E-state index in [4.69, 9.17) is 13.9 Å². The lowest BCUT2D eigenvalue weighted by Gasteiger charge is -2.13. The van der Waals surface area contributed by atoms with Gasteiger partial charge < -0.3 is 24.5 Å². The Labute approximate surface area is 234 Å². The highest BCUT2D eigenvalue weighted by Crippen LogP contribution is 2.38. The number of nitrogens with one attached hydrogen (secondary N) is 2. The summed E-state index contributed by atoms with van der Waals surface area (Å²) in [6.45, 7) is 0.423. The molecule has 202 valence electrons. The second-order valence-corrected chi connectivity index (χ2v) is 10.9. The van der Waals surface area contributed by atoms with Gasteiger partial charge in [-0.05, 0) is 48.9 Å². The van der Waals surface area contributed by atoms with E-state index in [0.29, 0.717) is 40.1 Å². The summed E-state index contributed by atoms with van der Waals surface area (Å²) in [7, 11) is 3.13. The first-order valence-electron chi connectivity index (χ1n) is 12.5. The molecule has 0 unspecified atom stereocenters. The molecule has 1 aliphatic carbocycles. The van der Waals surface area contributed by atoms with Crippen molar-refractivity contribution in [2.24, 2.45) is 0 Å². The van der Waals surface area contributed by atoms with E-state index in [9.17, 15) is 9.59 Å². The van der Waals surface area contributed by atoms with Gasteiger partial charge in [-0.25, -0.2) is 0 Å². The molecule has 5 rings (SSSR count). The van der Waals surface area contributed by atoms with Crippen LogP contribution in [0.1, 0.15) is 39.2 Å². The number of thiophene rings is 1. The van der Waals surface area contributed by atoms with Crippen LogP contribution in [0, 0.1) is 0 Å². The van der Waals surface area contributed by atoms with Crippen molar-refractivity contribution in [1.29, 1.82) is 0 Å². The molecule has 11 heteroatoms. The van der Waals surface area contributed by atoms with Crippen molar-refractivity contribution >= 4 is 39.9 Å². The van der Waals surface area contributed by atoms with Gasteiger partial charge >= 0.3 is 0 Å². The third-order valence-electron chi connectivity index (χ3n) is 6.28. The summed E-state index contributed by atoms with van der Waals surface area (Å²) in [5, 5.41) is 15.0. The lowest BCUT2D eigenvalue weighted by molar-refractivity contribution is -0.113. The van der Waals surface area contributed by atoms with Crippen LogP contribution in [-0.2, 0) is 24.2 Å². The van der Waals surface area contributed by atoms with Crippen LogP contribution in [0.3, 0.4) is 0 Å². The minimum Gasteiger partial charge on any atom is -0.497 e. The smallest absolute Gasteiger partial charge is 0.277 e. The summed E-state index contributed by atoms with van der Waals surface area (Å²) >= 11 is 2.62. The number of hydrogen-bond donors (Lipinski definition) is 2. The zero-order chi connectivity index (χ0) is 27.2. The van der Waals surface area contributed by atoms with E-state index in [2.05, 4.69) is 20.8 Å². The molecule has 0 radical (unpaired) electrons. The molecule has 0 spiro atoms. The van der Waals surface area contributed by atoms with Gasteiger partial charge in [0.1, 0.15) is 16.5 Å². The summed E-state index contributed by atoms with van der Waals surface area (Å²) in [4.78, 5) is 27.3. The summed E-state index contributed by atoms with van der Waals surface area (Å²) in [6, 6.07) is 15.0. The van der Waals surface area contributed by atoms with Gasteiger partial charge in [-0.1, -0.05) is 42.1 Å². The maximum absolute atomic E-state index is 13.2. The predicted molar refractivity (Wildman–Crippen MR) is 151 cm³/mol. The van der Waals surface area contributed by atoms with Crippen LogP contribution in [-0.4, -0.2) is 42.0 Å². The third kappa shape index (κ3) is 6.43. The molecule has 2 amide bonds. The van der Waals surface area contributed by atoms with Crippen LogP contribution < -0.4 is 20.1 Å². The Kier molecular flexibility index (Phi) is 8.48. The Morgan fingerprint density at radius 3 is 2.51 bits per heavy atom. The van der Waals surface area contributed by atoms with Gasteiger partial charge in [0.25, 0.3) is 11.1 Å². The number of thioether (sulfide) groups is 1. The molecule has 0 atom stereocenters. The van der Waals surface area contributed by atoms with Crippen molar-refractivity contribution in [3.63, 3.8) is 0 Å². The SMILES string of the molecule is COc1cc(OC)cc(-c2nnc(SCC(=O)Nc3sc4c(c3C(=O)NCc3ccccc3)CCCC4)o2)c1. The number of fused-ring (bicyclic) bond motifs is 1. The van der Waals surface area contributed by atoms with E-state index in [1.807, 2.05) is 30.3 Å². The number of nitrogens with zero attached hydrogens (tertiary/aromatic N) is 2. The number of ether oxygens (including phenoxy) is 2. The van der Waals surface area contributed by atoms with Gasteiger partial charge in [-0.15, -0.1) is 21.5 Å². The van der Waals surface area contributed by atoms with Crippen LogP contribution in [0.5, 0.6) is 11.5 Å². The van der Waals surface area contributed by atoms with Gasteiger partial charge in [0.15, 0.2) is 0 Å². The highest BCUT2D eigenvalue weighted by Gasteiger charge is 2.26. The first kappa shape index (κ1) is 26.8. The molecule has 2 heterocycles. The second kappa shape index (κ2) is 12.4. The Morgan fingerprint density at radius 2 is 1.77 bits per heavy atom. The molecule has 0 saturated heterocycles. The minimum atomic E-state index is -0.251. The number of rotatable bonds is 10. The van der Waals surface area contributed by atoms with Crippen LogP contribution in [0.4, 0.5) is 5.00 Å². The fourth-order valence-corrected chi connectivity index (χ4v) is 6.23. The lowest BCUT2D eigenvalue weighted by Crippen LogP contribution is -2.25. The molecule has 0 bridgehead atoms. The van der Waals surface area contributed by atoms with Gasteiger partial charge in [-0.2, -0.15) is 0 Å². The average molecular weight is 565 g/mol. The largest absolute Gasteiger partial charge is 0.497 e. The molecule has 1 aliphatic rings. The van der Waals surface area contributed by atoms with Crippen molar-refractivity contribution < 1.29 is 23.5 Å². The third-order valence-corrected chi connectivity index (χ3v) is 8.30. The molecular formula is C28H28N4O5S2. The Hall–Kier alpha value is -3.83. The molecule has 0 aliphatic heterocycles. The van der Waals surface area contributed by atoms with Gasteiger partial charge in [0.05, 0.1) is 25.5 Å². The van der Waals surface area contributed by atoms with E-state index in [0.717, 1.165) is 48.6 Å². The van der Waals surface area contributed by atoms with Crippen molar-refractivity contribution in [3.05, 3.63) is 70.1 Å². The van der Waals surface area contributed by atoms with Crippen molar-refractivity contribution in [3.8, 4) is 23.0 Å². The molecule has 0 fully saturated rings. The fourth-order valence-electron chi connectivity index (χ4n) is 4.37. The van der Waals surface area contributed by atoms with Gasteiger partial charge in [0.2, 0.25) is 11.8 Å². The monoisotopic (exact) mass is 564 g/mol. The second-order valence-electron chi connectivity index (χ2n) is 8.89. The molecule has 9 nitrogen and oxygen atoms in total. The zero-order valence-electron chi connectivity index (χ0n) is 21.6. The van der Waals surface area contributed by atoms with Crippen LogP contribution in [0.15, 0.2) is 58.2 Å². The first-order valence-corrected chi connectivity index (χ1v) is 14.3.